The number of nitrogens with one attached hydrogen (secondary N) is 1. The van der Waals surface area contributed by atoms with Gasteiger partial charge >= 0.3 is 5.97 Å². The summed E-state index contributed by atoms with van der Waals surface area (Å²) in [5.41, 5.74) is -0.202. The lowest BCUT2D eigenvalue weighted by Gasteiger charge is -2.29. The minimum atomic E-state index is -1.09. The van der Waals surface area contributed by atoms with Crippen LogP contribution in [0.5, 0.6) is 11.5 Å². The number of hydrogen-bond donors (Lipinski definition) is 2. The second-order valence-corrected chi connectivity index (χ2v) is 7.48. The molecule has 0 spiro atoms. The van der Waals surface area contributed by atoms with Crippen LogP contribution in [-0.2, 0) is 9.53 Å². The molecule has 1 aromatic carbocycles. The van der Waals surface area contributed by atoms with Gasteiger partial charge in [-0.05, 0) is 43.5 Å². The molecule has 0 saturated heterocycles. The lowest BCUT2D eigenvalue weighted by molar-refractivity contribution is -0.151. The molecule has 0 radical (unpaired) electrons. The zero-order chi connectivity index (χ0) is 23.3. The van der Waals surface area contributed by atoms with E-state index in [-0.39, 0.29) is 22.9 Å². The van der Waals surface area contributed by atoms with Gasteiger partial charge in [-0.2, -0.15) is 0 Å². The highest BCUT2D eigenvalue weighted by Gasteiger charge is 2.31. The van der Waals surface area contributed by atoms with E-state index in [2.05, 4.69) is 10.3 Å². The summed E-state index contributed by atoms with van der Waals surface area (Å²) in [6.45, 7) is 6.60. The number of hydrogen-bond acceptors (Lipinski definition) is 6. The quantitative estimate of drug-likeness (QED) is 0.614. The van der Waals surface area contributed by atoms with Gasteiger partial charge in [-0.3, -0.25) is 4.79 Å². The maximum atomic E-state index is 14.3. The number of aromatic nitrogens is 1. The number of rotatable bonds is 8. The summed E-state index contributed by atoms with van der Waals surface area (Å²) in [6.07, 6.45) is 0.478. The molecule has 2 N–H and O–H groups in total. The average molecular weight is 436 g/mol. The van der Waals surface area contributed by atoms with Gasteiger partial charge in [0.25, 0.3) is 5.91 Å². The molecule has 2 aromatic rings. The van der Waals surface area contributed by atoms with E-state index in [0.29, 0.717) is 0 Å². The number of benzene rings is 1. The molecule has 1 amide bonds. The van der Waals surface area contributed by atoms with Crippen molar-refractivity contribution >= 4 is 11.9 Å². The topological polar surface area (TPSA) is 97.8 Å². The fraction of sp³-hybridized carbons (Fsp3) is 0.409. The van der Waals surface area contributed by atoms with Crippen LogP contribution in [0, 0.1) is 17.6 Å². The summed E-state index contributed by atoms with van der Waals surface area (Å²) in [4.78, 5) is 28.7. The number of halogens is 2. The van der Waals surface area contributed by atoms with Gasteiger partial charge < -0.3 is 19.9 Å². The summed E-state index contributed by atoms with van der Waals surface area (Å²) in [5.74, 6) is -3.93. The molecule has 0 aliphatic heterocycles. The largest absolute Gasteiger partial charge is 0.503 e. The predicted octanol–water partition coefficient (Wildman–Crippen LogP) is 3.56. The van der Waals surface area contributed by atoms with Crippen molar-refractivity contribution in [2.24, 2.45) is 5.92 Å². The van der Waals surface area contributed by atoms with Crippen LogP contribution in [0.2, 0.25) is 0 Å². The third-order valence-corrected chi connectivity index (χ3v) is 4.87. The van der Waals surface area contributed by atoms with Gasteiger partial charge in [0.2, 0.25) is 0 Å². The molecule has 168 valence electrons. The highest BCUT2D eigenvalue weighted by Crippen LogP contribution is 2.32. The third kappa shape index (κ3) is 5.68. The molecule has 0 bridgehead atoms. The summed E-state index contributed by atoms with van der Waals surface area (Å²) in [5, 5.41) is 12.4. The third-order valence-electron chi connectivity index (χ3n) is 4.87. The monoisotopic (exact) mass is 436 g/mol. The Balaban J connectivity index is 2.12. The van der Waals surface area contributed by atoms with E-state index in [1.54, 1.807) is 6.92 Å². The summed E-state index contributed by atoms with van der Waals surface area (Å²) in [7, 11) is 1.32. The Hall–Kier alpha value is -3.23. The number of pyridine rings is 1. The van der Waals surface area contributed by atoms with Crippen LogP contribution in [0.3, 0.4) is 0 Å². The van der Waals surface area contributed by atoms with Crippen molar-refractivity contribution < 1.29 is 33.0 Å². The van der Waals surface area contributed by atoms with Crippen molar-refractivity contribution in [2.45, 2.75) is 45.8 Å². The highest BCUT2D eigenvalue weighted by molar-refractivity contribution is 5.97. The van der Waals surface area contributed by atoms with Crippen LogP contribution in [-0.4, -0.2) is 41.2 Å². The molecule has 0 saturated carbocycles. The first kappa shape index (κ1) is 24.0. The first-order valence-electron chi connectivity index (χ1n) is 9.75. The molecule has 1 heterocycles. The van der Waals surface area contributed by atoms with Gasteiger partial charge in [0.15, 0.2) is 17.2 Å². The molecule has 1 aromatic heterocycles. The number of amides is 1. The van der Waals surface area contributed by atoms with Crippen LogP contribution in [0.1, 0.15) is 49.7 Å². The number of esters is 1. The smallest absolute Gasteiger partial charge is 0.328 e. The van der Waals surface area contributed by atoms with Crippen molar-refractivity contribution in [3.63, 3.8) is 0 Å². The number of nitrogens with zero attached hydrogens (tertiary/aromatic N) is 1. The van der Waals surface area contributed by atoms with Crippen molar-refractivity contribution in [1.29, 1.82) is 0 Å². The Morgan fingerprint density at radius 1 is 1.13 bits per heavy atom. The minimum Gasteiger partial charge on any atom is -0.503 e. The van der Waals surface area contributed by atoms with E-state index in [0.717, 1.165) is 18.2 Å². The zero-order valence-electron chi connectivity index (χ0n) is 18.0. The second kappa shape index (κ2) is 10.2. The van der Waals surface area contributed by atoms with Crippen LogP contribution >= 0.6 is 0 Å². The van der Waals surface area contributed by atoms with Crippen molar-refractivity contribution in [1.82, 2.24) is 10.3 Å². The van der Waals surface area contributed by atoms with E-state index in [4.69, 9.17) is 9.47 Å². The van der Waals surface area contributed by atoms with E-state index in [1.165, 1.54) is 26.3 Å². The maximum Gasteiger partial charge on any atom is 0.328 e. The number of carbonyl (C=O) groups excluding carboxylic acids is 2. The zero-order valence-corrected chi connectivity index (χ0v) is 18.0. The van der Waals surface area contributed by atoms with E-state index in [1.807, 2.05) is 13.8 Å². The molecule has 0 fully saturated rings. The Bertz CT molecular complexity index is 951. The molecule has 0 aliphatic carbocycles. The average Bonchev–Trinajstić information content (AvgIpc) is 2.70. The van der Waals surface area contributed by atoms with Gasteiger partial charge in [-0.25, -0.2) is 18.6 Å². The Morgan fingerprint density at radius 3 is 2.42 bits per heavy atom. The van der Waals surface area contributed by atoms with Gasteiger partial charge in [0, 0.05) is 18.2 Å². The number of ether oxygens (including phenoxy) is 2. The molecule has 31 heavy (non-hydrogen) atoms. The van der Waals surface area contributed by atoms with Crippen LogP contribution < -0.4 is 10.1 Å². The lowest BCUT2D eigenvalue weighted by atomic mass is 9.84. The normalized spacial score (nSPS) is 13.9. The van der Waals surface area contributed by atoms with Crippen molar-refractivity contribution in [3.8, 4) is 11.5 Å². The first-order valence-corrected chi connectivity index (χ1v) is 9.75. The Labute approximate surface area is 179 Å². The standard InChI is InChI=1S/C22H26F2N2O5/c1-11(2)18(15-10-14(23)6-7-16(15)24)13(4)31-22(29)12(3)26-21(28)19-20(27)17(30-5)8-9-25-19/h6-13,18,27H,1-5H3,(H,26,28)/t12-,13-,18+/m0/s1. The molecule has 0 aliphatic rings. The fourth-order valence-electron chi connectivity index (χ4n) is 3.37. The first-order chi connectivity index (χ1) is 14.6. The minimum absolute atomic E-state index is 0.0564. The number of methoxy groups -OCH3 is 1. The van der Waals surface area contributed by atoms with Crippen LogP contribution in [0.15, 0.2) is 30.5 Å². The Morgan fingerprint density at radius 2 is 1.81 bits per heavy atom. The summed E-state index contributed by atoms with van der Waals surface area (Å²) >= 11 is 0. The molecule has 3 atom stereocenters. The number of carbonyl (C=O) groups is 2. The van der Waals surface area contributed by atoms with Gasteiger partial charge in [-0.15, -0.1) is 0 Å². The molecule has 7 nitrogen and oxygen atoms in total. The van der Waals surface area contributed by atoms with Crippen LogP contribution in [0.4, 0.5) is 8.78 Å². The molecule has 0 unspecified atom stereocenters. The predicted molar refractivity (Wildman–Crippen MR) is 109 cm³/mol. The highest BCUT2D eigenvalue weighted by atomic mass is 19.1. The van der Waals surface area contributed by atoms with Crippen LogP contribution in [0.25, 0.3) is 0 Å². The van der Waals surface area contributed by atoms with Crippen molar-refractivity contribution in [2.75, 3.05) is 7.11 Å². The van der Waals surface area contributed by atoms with Crippen molar-refractivity contribution in [3.05, 3.63) is 53.4 Å². The fourth-order valence-corrected chi connectivity index (χ4v) is 3.37. The molecule has 9 heteroatoms. The molecule has 2 rings (SSSR count). The van der Waals surface area contributed by atoms with E-state index in [9.17, 15) is 23.5 Å². The maximum absolute atomic E-state index is 14.3. The number of aromatic hydroxyl groups is 1. The SMILES string of the molecule is COc1ccnc(C(=O)N[C@@H](C)C(=O)O[C@@H](C)[C@H](c2cc(F)ccc2F)C(C)C)c1O. The molecular weight excluding hydrogens is 410 g/mol. The van der Waals surface area contributed by atoms with E-state index >= 15 is 0 Å². The molecular formula is C22H26F2N2O5. The second-order valence-electron chi connectivity index (χ2n) is 7.48. The summed E-state index contributed by atoms with van der Waals surface area (Å²) < 4.78 is 38.3. The lowest BCUT2D eigenvalue weighted by Crippen LogP contribution is -2.42. The van der Waals surface area contributed by atoms with E-state index < -0.39 is 47.3 Å². The summed E-state index contributed by atoms with van der Waals surface area (Å²) in [6, 6.07) is 3.43. The van der Waals surface area contributed by atoms with Gasteiger partial charge in [-0.1, -0.05) is 13.8 Å². The van der Waals surface area contributed by atoms with Gasteiger partial charge in [0.05, 0.1) is 7.11 Å². The van der Waals surface area contributed by atoms with Gasteiger partial charge in [0.1, 0.15) is 23.8 Å². The Kier molecular flexibility index (Phi) is 7.90.